The van der Waals surface area contributed by atoms with Crippen molar-refractivity contribution in [2.24, 2.45) is 0 Å². The molecule has 0 aliphatic heterocycles. The minimum atomic E-state index is -3.93. The fourth-order valence-electron chi connectivity index (χ4n) is 2.28. The Hall–Kier alpha value is -2.09. The molecule has 2 aromatic carbocycles. The average molecular weight is 383 g/mol. The second-order valence-electron chi connectivity index (χ2n) is 5.27. The smallest absolute Gasteiger partial charge is 0.241 e. The van der Waals surface area contributed by atoms with Crippen molar-refractivity contribution < 1.29 is 17.9 Å². The van der Waals surface area contributed by atoms with E-state index in [4.69, 9.17) is 16.3 Å². The number of halogens is 1. The molecule has 2 N–H and O–H groups in total. The maximum atomic E-state index is 12.6. The molecule has 1 amide bonds. The Morgan fingerprint density at radius 3 is 2.44 bits per heavy atom. The fraction of sp³-hybridized carbons (Fsp3) is 0.235. The van der Waals surface area contributed by atoms with Crippen molar-refractivity contribution >= 4 is 27.5 Å². The van der Waals surface area contributed by atoms with E-state index in [1.807, 2.05) is 30.3 Å². The summed E-state index contributed by atoms with van der Waals surface area (Å²) in [6.45, 7) is 0. The van der Waals surface area contributed by atoms with Crippen molar-refractivity contribution in [2.45, 2.75) is 17.4 Å². The fourth-order valence-corrected chi connectivity index (χ4v) is 3.83. The van der Waals surface area contributed by atoms with Crippen molar-refractivity contribution in [1.29, 1.82) is 0 Å². The third-order valence-corrected chi connectivity index (χ3v) is 5.34. The molecule has 0 saturated heterocycles. The monoisotopic (exact) mass is 382 g/mol. The van der Waals surface area contributed by atoms with E-state index in [1.165, 1.54) is 32.4 Å². The Labute approximate surface area is 152 Å². The lowest BCUT2D eigenvalue weighted by molar-refractivity contribution is -0.122. The number of methoxy groups -OCH3 is 1. The van der Waals surface area contributed by atoms with Gasteiger partial charge in [-0.05, 0) is 30.2 Å². The molecule has 0 saturated carbocycles. The summed E-state index contributed by atoms with van der Waals surface area (Å²) in [5.41, 5.74) is 0.839. The first-order chi connectivity index (χ1) is 11.9. The van der Waals surface area contributed by atoms with Crippen molar-refractivity contribution in [2.75, 3.05) is 14.2 Å². The quantitative estimate of drug-likeness (QED) is 0.766. The number of hydrogen-bond donors (Lipinski definition) is 2. The number of benzene rings is 2. The van der Waals surface area contributed by atoms with Crippen LogP contribution >= 0.6 is 11.6 Å². The molecule has 0 aromatic heterocycles. The number of carbonyl (C=O) groups excluding carboxylic acids is 1. The van der Waals surface area contributed by atoms with E-state index in [1.54, 1.807) is 0 Å². The molecule has 134 valence electrons. The van der Waals surface area contributed by atoms with E-state index < -0.39 is 22.0 Å². The van der Waals surface area contributed by atoms with Crippen molar-refractivity contribution in [1.82, 2.24) is 10.0 Å². The molecule has 2 aromatic rings. The SMILES string of the molecule is CNC(=O)[C@H](Cc1ccccc1)NS(=O)(=O)c1ccc(OC)c(Cl)c1. The molecule has 8 heteroatoms. The Balaban J connectivity index is 2.27. The summed E-state index contributed by atoms with van der Waals surface area (Å²) in [6.07, 6.45) is 0.226. The predicted molar refractivity (Wildman–Crippen MR) is 96.3 cm³/mol. The Morgan fingerprint density at radius 2 is 1.88 bits per heavy atom. The summed E-state index contributed by atoms with van der Waals surface area (Å²) in [5.74, 6) is -0.0557. The minimum Gasteiger partial charge on any atom is -0.495 e. The summed E-state index contributed by atoms with van der Waals surface area (Å²) < 4.78 is 32.7. The van der Waals surface area contributed by atoms with Crippen LogP contribution in [0.4, 0.5) is 0 Å². The molecule has 0 unspecified atom stereocenters. The molecule has 1 atom stereocenters. The van der Waals surface area contributed by atoms with Crippen LogP contribution < -0.4 is 14.8 Å². The lowest BCUT2D eigenvalue weighted by Gasteiger charge is -2.18. The first-order valence-electron chi connectivity index (χ1n) is 7.48. The summed E-state index contributed by atoms with van der Waals surface area (Å²) in [6, 6.07) is 12.3. The largest absolute Gasteiger partial charge is 0.495 e. The normalized spacial score (nSPS) is 12.4. The number of nitrogens with one attached hydrogen (secondary N) is 2. The summed E-state index contributed by atoms with van der Waals surface area (Å²) in [7, 11) is -1.04. The van der Waals surface area contributed by atoms with Gasteiger partial charge in [0.05, 0.1) is 17.0 Å². The average Bonchev–Trinajstić information content (AvgIpc) is 2.61. The van der Waals surface area contributed by atoms with E-state index in [0.29, 0.717) is 5.75 Å². The zero-order chi connectivity index (χ0) is 18.4. The first-order valence-corrected chi connectivity index (χ1v) is 9.35. The van der Waals surface area contributed by atoms with Crippen molar-refractivity contribution in [3.63, 3.8) is 0 Å². The minimum absolute atomic E-state index is 0.0414. The van der Waals surface area contributed by atoms with Gasteiger partial charge in [0.15, 0.2) is 0 Å². The third kappa shape index (κ3) is 4.94. The van der Waals surface area contributed by atoms with Crippen LogP contribution in [0, 0.1) is 0 Å². The van der Waals surface area contributed by atoms with Gasteiger partial charge in [-0.25, -0.2) is 8.42 Å². The van der Waals surface area contributed by atoms with Crippen LogP contribution in [0.1, 0.15) is 5.56 Å². The van der Waals surface area contributed by atoms with E-state index >= 15 is 0 Å². The lowest BCUT2D eigenvalue weighted by atomic mass is 10.1. The van der Waals surface area contributed by atoms with Crippen LogP contribution in [0.25, 0.3) is 0 Å². The van der Waals surface area contributed by atoms with Gasteiger partial charge in [0.1, 0.15) is 11.8 Å². The van der Waals surface area contributed by atoms with Crippen LogP contribution in [0.5, 0.6) is 5.75 Å². The van der Waals surface area contributed by atoms with Gasteiger partial charge in [-0.15, -0.1) is 0 Å². The number of rotatable bonds is 7. The topological polar surface area (TPSA) is 84.5 Å². The molecule has 0 radical (unpaired) electrons. The number of amides is 1. The molecule has 0 heterocycles. The molecular weight excluding hydrogens is 364 g/mol. The molecular formula is C17H19ClN2O4S. The van der Waals surface area contributed by atoms with Crippen molar-refractivity contribution in [3.8, 4) is 5.75 Å². The summed E-state index contributed by atoms with van der Waals surface area (Å²) >= 11 is 6.00. The molecule has 0 bridgehead atoms. The predicted octanol–water partition coefficient (Wildman–Crippen LogP) is 1.98. The molecule has 0 aliphatic carbocycles. The zero-order valence-corrected chi connectivity index (χ0v) is 15.4. The zero-order valence-electron chi connectivity index (χ0n) is 13.8. The third-order valence-electron chi connectivity index (χ3n) is 3.58. The highest BCUT2D eigenvalue weighted by molar-refractivity contribution is 7.89. The van der Waals surface area contributed by atoms with Gasteiger partial charge >= 0.3 is 0 Å². The van der Waals surface area contributed by atoms with E-state index in [0.717, 1.165) is 5.56 Å². The lowest BCUT2D eigenvalue weighted by Crippen LogP contribution is -2.46. The van der Waals surface area contributed by atoms with Gasteiger partial charge < -0.3 is 10.1 Å². The van der Waals surface area contributed by atoms with Gasteiger partial charge in [0.25, 0.3) is 0 Å². The van der Waals surface area contributed by atoms with Crippen LogP contribution in [0.3, 0.4) is 0 Å². The summed E-state index contributed by atoms with van der Waals surface area (Å²) in [5, 5.41) is 2.65. The second kappa shape index (κ2) is 8.33. The Kier molecular flexibility index (Phi) is 6.41. The van der Waals surface area contributed by atoms with Crippen LogP contribution in [-0.2, 0) is 21.2 Å². The van der Waals surface area contributed by atoms with Crippen molar-refractivity contribution in [3.05, 3.63) is 59.1 Å². The number of hydrogen-bond acceptors (Lipinski definition) is 4. The van der Waals surface area contributed by atoms with Gasteiger partial charge in [-0.2, -0.15) is 4.72 Å². The molecule has 0 fully saturated rings. The van der Waals surface area contributed by atoms with Gasteiger partial charge in [0.2, 0.25) is 15.9 Å². The second-order valence-corrected chi connectivity index (χ2v) is 7.40. The summed E-state index contributed by atoms with van der Waals surface area (Å²) in [4.78, 5) is 12.1. The van der Waals surface area contributed by atoms with Gasteiger partial charge in [-0.3, -0.25) is 4.79 Å². The first kappa shape index (κ1) is 19.2. The van der Waals surface area contributed by atoms with E-state index in [2.05, 4.69) is 10.0 Å². The highest BCUT2D eigenvalue weighted by atomic mass is 35.5. The standard InChI is InChI=1S/C17H19ClN2O4S/c1-19-17(21)15(10-12-6-4-3-5-7-12)20-25(22,23)13-8-9-16(24-2)14(18)11-13/h3-9,11,15,20H,10H2,1-2H3,(H,19,21)/t15-/m0/s1. The number of ether oxygens (including phenoxy) is 1. The highest BCUT2D eigenvalue weighted by Crippen LogP contribution is 2.27. The van der Waals surface area contributed by atoms with E-state index in [-0.39, 0.29) is 16.3 Å². The maximum absolute atomic E-state index is 12.6. The van der Waals surface area contributed by atoms with Gasteiger partial charge in [-0.1, -0.05) is 41.9 Å². The van der Waals surface area contributed by atoms with Crippen LogP contribution in [0.15, 0.2) is 53.4 Å². The highest BCUT2D eigenvalue weighted by Gasteiger charge is 2.26. The van der Waals surface area contributed by atoms with Gasteiger partial charge in [0, 0.05) is 7.05 Å². The Morgan fingerprint density at radius 1 is 1.20 bits per heavy atom. The maximum Gasteiger partial charge on any atom is 0.241 e. The Bertz CT molecular complexity index is 841. The molecule has 2 rings (SSSR count). The molecule has 0 spiro atoms. The van der Waals surface area contributed by atoms with Crippen LogP contribution in [-0.4, -0.2) is 34.5 Å². The molecule has 0 aliphatic rings. The van der Waals surface area contributed by atoms with E-state index in [9.17, 15) is 13.2 Å². The number of likely N-dealkylation sites (N-methyl/N-ethyl adjacent to an activating group) is 1. The molecule has 25 heavy (non-hydrogen) atoms. The number of carbonyl (C=O) groups is 1. The number of sulfonamides is 1. The molecule has 6 nitrogen and oxygen atoms in total. The van der Waals surface area contributed by atoms with Crippen LogP contribution in [0.2, 0.25) is 5.02 Å².